The molecule has 36 heavy (non-hydrogen) atoms. The summed E-state index contributed by atoms with van der Waals surface area (Å²) < 4.78 is 16.1. The predicted molar refractivity (Wildman–Crippen MR) is 135 cm³/mol. The summed E-state index contributed by atoms with van der Waals surface area (Å²) >= 11 is 0. The summed E-state index contributed by atoms with van der Waals surface area (Å²) in [6.07, 6.45) is 2.78. The first kappa shape index (κ1) is 25.7. The Hall–Kier alpha value is -3.39. The maximum absolute atomic E-state index is 14.4. The SMILES string of the molecule is CCOC(=O)C(C(=O)OCC)[C@]1(N2CCCCC2)C(=O)N(c2ccc(OC)cc2)[C@@H]1c1ccccc1. The molecule has 4 rings (SSSR count). The molecular formula is C28H34N2O6. The molecule has 2 atom stereocenters. The van der Waals surface area contributed by atoms with E-state index in [-0.39, 0.29) is 19.1 Å². The lowest BCUT2D eigenvalue weighted by atomic mass is 9.64. The van der Waals surface area contributed by atoms with Gasteiger partial charge in [0, 0.05) is 5.69 Å². The van der Waals surface area contributed by atoms with Gasteiger partial charge in [0.25, 0.3) is 5.91 Å². The zero-order chi connectivity index (χ0) is 25.7. The first-order chi connectivity index (χ1) is 17.5. The van der Waals surface area contributed by atoms with Crippen LogP contribution in [0.25, 0.3) is 0 Å². The van der Waals surface area contributed by atoms with Crippen molar-refractivity contribution in [2.45, 2.75) is 44.7 Å². The molecule has 0 aliphatic carbocycles. The van der Waals surface area contributed by atoms with Crippen LogP contribution in [0.3, 0.4) is 0 Å². The van der Waals surface area contributed by atoms with Crippen LogP contribution in [0.4, 0.5) is 5.69 Å². The van der Waals surface area contributed by atoms with Crippen molar-refractivity contribution in [2.75, 3.05) is 38.3 Å². The summed E-state index contributed by atoms with van der Waals surface area (Å²) in [5.74, 6) is -2.52. The molecule has 0 radical (unpaired) electrons. The van der Waals surface area contributed by atoms with E-state index in [0.717, 1.165) is 24.8 Å². The summed E-state index contributed by atoms with van der Waals surface area (Å²) in [7, 11) is 1.58. The molecule has 0 aromatic heterocycles. The second-order valence-electron chi connectivity index (χ2n) is 9.00. The number of hydrogen-bond acceptors (Lipinski definition) is 7. The number of benzene rings is 2. The van der Waals surface area contributed by atoms with Crippen LogP contribution in [-0.4, -0.2) is 61.7 Å². The van der Waals surface area contributed by atoms with Crippen molar-refractivity contribution < 1.29 is 28.6 Å². The highest BCUT2D eigenvalue weighted by atomic mass is 16.6. The van der Waals surface area contributed by atoms with Crippen molar-refractivity contribution in [1.29, 1.82) is 0 Å². The van der Waals surface area contributed by atoms with Crippen molar-refractivity contribution in [2.24, 2.45) is 5.92 Å². The van der Waals surface area contributed by atoms with Crippen LogP contribution in [0.1, 0.15) is 44.7 Å². The van der Waals surface area contributed by atoms with E-state index in [1.165, 1.54) is 0 Å². The molecule has 0 bridgehead atoms. The van der Waals surface area contributed by atoms with Crippen molar-refractivity contribution in [3.05, 3.63) is 60.2 Å². The fourth-order valence-electron chi connectivity index (χ4n) is 5.55. The molecule has 192 valence electrons. The summed E-state index contributed by atoms with van der Waals surface area (Å²) in [6.45, 7) is 4.76. The molecule has 0 N–H and O–H groups in total. The smallest absolute Gasteiger partial charge is 0.322 e. The Morgan fingerprint density at radius 3 is 2.03 bits per heavy atom. The quantitative estimate of drug-likeness (QED) is 0.298. The molecular weight excluding hydrogens is 460 g/mol. The molecule has 2 saturated heterocycles. The van der Waals surface area contributed by atoms with E-state index in [0.29, 0.717) is 24.5 Å². The highest BCUT2D eigenvalue weighted by molar-refractivity contribution is 6.16. The number of carbonyl (C=O) groups excluding carboxylic acids is 3. The van der Waals surface area contributed by atoms with Crippen LogP contribution < -0.4 is 9.64 Å². The largest absolute Gasteiger partial charge is 0.497 e. The lowest BCUT2D eigenvalue weighted by molar-refractivity contribution is -0.182. The number of amides is 1. The Kier molecular flexibility index (Phi) is 7.94. The van der Waals surface area contributed by atoms with Crippen LogP contribution in [0.5, 0.6) is 5.75 Å². The fourth-order valence-corrected chi connectivity index (χ4v) is 5.55. The molecule has 2 heterocycles. The third-order valence-corrected chi connectivity index (χ3v) is 7.07. The normalized spacial score (nSPS) is 22.2. The lowest BCUT2D eigenvalue weighted by Gasteiger charge is -2.62. The zero-order valence-corrected chi connectivity index (χ0v) is 21.1. The minimum atomic E-state index is -1.46. The number of β-lactam (4-membered cyclic amide) rings is 1. The van der Waals surface area contributed by atoms with Gasteiger partial charge in [-0.25, -0.2) is 0 Å². The number of hydrogen-bond donors (Lipinski definition) is 0. The van der Waals surface area contributed by atoms with E-state index in [4.69, 9.17) is 14.2 Å². The molecule has 1 amide bonds. The fraction of sp³-hybridized carbons (Fsp3) is 0.464. The topological polar surface area (TPSA) is 85.4 Å². The number of carbonyl (C=O) groups is 3. The molecule has 0 unspecified atom stereocenters. The third-order valence-electron chi connectivity index (χ3n) is 7.07. The Labute approximate surface area is 212 Å². The van der Waals surface area contributed by atoms with Crippen LogP contribution in [0.15, 0.2) is 54.6 Å². The highest BCUT2D eigenvalue weighted by Crippen LogP contribution is 2.54. The lowest BCUT2D eigenvalue weighted by Crippen LogP contribution is -2.81. The zero-order valence-electron chi connectivity index (χ0n) is 21.1. The van der Waals surface area contributed by atoms with Crippen LogP contribution in [0, 0.1) is 5.92 Å². The van der Waals surface area contributed by atoms with Gasteiger partial charge in [0.05, 0.1) is 26.4 Å². The number of methoxy groups -OCH3 is 1. The van der Waals surface area contributed by atoms with E-state index in [1.807, 2.05) is 47.4 Å². The number of piperidine rings is 1. The van der Waals surface area contributed by atoms with E-state index in [2.05, 4.69) is 0 Å². The molecule has 2 fully saturated rings. The Morgan fingerprint density at radius 1 is 0.917 bits per heavy atom. The number of anilines is 1. The third kappa shape index (κ3) is 4.34. The van der Waals surface area contributed by atoms with Crippen LogP contribution >= 0.6 is 0 Å². The number of ether oxygens (including phenoxy) is 3. The molecule has 2 aliphatic rings. The first-order valence-corrected chi connectivity index (χ1v) is 12.6. The van der Waals surface area contributed by atoms with Crippen LogP contribution in [-0.2, 0) is 23.9 Å². The summed E-state index contributed by atoms with van der Waals surface area (Å²) in [5.41, 5.74) is 0.0334. The second kappa shape index (κ2) is 11.1. The van der Waals surface area contributed by atoms with Crippen LogP contribution in [0.2, 0.25) is 0 Å². The average Bonchev–Trinajstić information content (AvgIpc) is 2.91. The molecule has 2 aliphatic heterocycles. The van der Waals surface area contributed by atoms with Crippen molar-refractivity contribution in [3.8, 4) is 5.75 Å². The average molecular weight is 495 g/mol. The maximum Gasteiger partial charge on any atom is 0.322 e. The summed E-state index contributed by atoms with van der Waals surface area (Å²) in [4.78, 5) is 45.0. The minimum Gasteiger partial charge on any atom is -0.497 e. The molecule has 2 aromatic rings. The van der Waals surface area contributed by atoms with Gasteiger partial charge in [0.1, 0.15) is 5.75 Å². The van der Waals surface area contributed by atoms with E-state index < -0.39 is 29.4 Å². The number of nitrogens with zero attached hydrogens (tertiary/aromatic N) is 2. The van der Waals surface area contributed by atoms with Gasteiger partial charge in [-0.05, 0) is 69.6 Å². The monoisotopic (exact) mass is 494 g/mol. The van der Waals surface area contributed by atoms with Gasteiger partial charge in [0.15, 0.2) is 11.5 Å². The van der Waals surface area contributed by atoms with E-state index in [9.17, 15) is 14.4 Å². The van der Waals surface area contributed by atoms with Crippen molar-refractivity contribution >= 4 is 23.5 Å². The van der Waals surface area contributed by atoms with Gasteiger partial charge in [-0.2, -0.15) is 0 Å². The predicted octanol–water partition coefficient (Wildman–Crippen LogP) is 3.75. The molecule has 0 saturated carbocycles. The number of esters is 2. The number of rotatable bonds is 9. The summed E-state index contributed by atoms with van der Waals surface area (Å²) in [6, 6.07) is 16.2. The Balaban J connectivity index is 1.92. The van der Waals surface area contributed by atoms with Gasteiger partial charge in [0.2, 0.25) is 0 Å². The second-order valence-corrected chi connectivity index (χ2v) is 9.00. The Morgan fingerprint density at radius 2 is 1.50 bits per heavy atom. The number of likely N-dealkylation sites (tertiary alicyclic amines) is 1. The van der Waals surface area contributed by atoms with Gasteiger partial charge in [-0.15, -0.1) is 0 Å². The van der Waals surface area contributed by atoms with Gasteiger partial charge >= 0.3 is 11.9 Å². The van der Waals surface area contributed by atoms with Crippen molar-refractivity contribution in [3.63, 3.8) is 0 Å². The van der Waals surface area contributed by atoms with E-state index >= 15 is 0 Å². The molecule has 8 nitrogen and oxygen atoms in total. The Bertz CT molecular complexity index is 1050. The van der Waals surface area contributed by atoms with Gasteiger partial charge < -0.3 is 19.1 Å². The van der Waals surface area contributed by atoms with Gasteiger partial charge in [-0.1, -0.05) is 36.8 Å². The van der Waals surface area contributed by atoms with E-state index in [1.54, 1.807) is 38.0 Å². The molecule has 8 heteroatoms. The van der Waals surface area contributed by atoms with Crippen molar-refractivity contribution in [1.82, 2.24) is 4.90 Å². The van der Waals surface area contributed by atoms with Gasteiger partial charge in [-0.3, -0.25) is 19.3 Å². The first-order valence-electron chi connectivity index (χ1n) is 12.6. The molecule has 2 aromatic carbocycles. The molecule has 0 spiro atoms. The highest BCUT2D eigenvalue weighted by Gasteiger charge is 2.72. The minimum absolute atomic E-state index is 0.0945. The standard InChI is InChI=1S/C28H34N2O6/c1-4-35-25(31)23(26(32)36-5-2)28(29-18-10-7-11-19-29)24(20-12-8-6-9-13-20)30(27(28)33)21-14-16-22(34-3)17-15-21/h6,8-9,12-17,23-24H,4-5,7,10-11,18-19H2,1-3H3/t24-,28-/m1/s1. The summed E-state index contributed by atoms with van der Waals surface area (Å²) in [5, 5.41) is 0. The maximum atomic E-state index is 14.4.